The highest BCUT2D eigenvalue weighted by Crippen LogP contribution is 2.26. The van der Waals surface area contributed by atoms with Gasteiger partial charge in [0.15, 0.2) is 6.40 Å². The van der Waals surface area contributed by atoms with Crippen molar-refractivity contribution in [2.75, 3.05) is 11.9 Å². The van der Waals surface area contributed by atoms with E-state index >= 15 is 0 Å². The quantitative estimate of drug-likeness (QED) is 0.763. The third-order valence-electron chi connectivity index (χ3n) is 4.45. The lowest BCUT2D eigenvalue weighted by molar-refractivity contribution is -0.118. The first kappa shape index (κ1) is 19.3. The average Bonchev–Trinajstić information content (AvgIpc) is 2.72. The molecule has 0 fully saturated rings. The van der Waals surface area contributed by atoms with Crippen LogP contribution < -0.4 is 11.1 Å². The van der Waals surface area contributed by atoms with E-state index in [1.807, 2.05) is 24.3 Å². The first-order valence-corrected chi connectivity index (χ1v) is 8.85. The third kappa shape index (κ3) is 4.10. The maximum atomic E-state index is 13.0. The molecule has 1 amide bonds. The molecule has 0 saturated carbocycles. The Kier molecular flexibility index (Phi) is 6.19. The highest BCUT2D eigenvalue weighted by Gasteiger charge is 2.25. The summed E-state index contributed by atoms with van der Waals surface area (Å²) in [5.41, 5.74) is 8.74. The molecule has 2 heterocycles. The van der Waals surface area contributed by atoms with Gasteiger partial charge in [0.2, 0.25) is 5.91 Å². The minimum absolute atomic E-state index is 0.117. The number of nitrogens with two attached hydrogens (primary N) is 1. The van der Waals surface area contributed by atoms with E-state index in [-0.39, 0.29) is 12.5 Å². The Morgan fingerprint density at radius 1 is 1.32 bits per heavy atom. The van der Waals surface area contributed by atoms with Crippen molar-refractivity contribution in [1.82, 2.24) is 4.98 Å². The Bertz CT molecular complexity index is 1010. The number of benzene rings is 1. The molecule has 1 aliphatic heterocycles. The van der Waals surface area contributed by atoms with Crippen LogP contribution in [0.4, 0.5) is 5.69 Å². The molecule has 1 aliphatic rings. The van der Waals surface area contributed by atoms with Gasteiger partial charge in [-0.3, -0.25) is 9.78 Å². The van der Waals surface area contributed by atoms with Gasteiger partial charge in [-0.05, 0) is 34.6 Å². The number of nitrogens with one attached hydrogen (secondary N) is 1. The van der Waals surface area contributed by atoms with Gasteiger partial charge >= 0.3 is 7.48 Å². The number of pyridine rings is 1. The topological polar surface area (TPSA) is 89.6 Å². The Labute approximate surface area is 164 Å². The van der Waals surface area contributed by atoms with Crippen LogP contribution in [0.15, 0.2) is 89.8 Å². The molecule has 0 aliphatic carbocycles. The molecule has 0 spiro atoms. The minimum Gasteiger partial charge on any atom is -0.551 e. The van der Waals surface area contributed by atoms with E-state index in [2.05, 4.69) is 28.5 Å². The van der Waals surface area contributed by atoms with Crippen molar-refractivity contribution in [3.05, 3.63) is 84.8 Å². The molecular weight excluding hydrogens is 351 g/mol. The van der Waals surface area contributed by atoms with Crippen molar-refractivity contribution in [1.29, 1.82) is 0 Å². The molecule has 2 aromatic rings. The van der Waals surface area contributed by atoms with Crippen LogP contribution in [0, 0.1) is 5.92 Å². The van der Waals surface area contributed by atoms with Crippen molar-refractivity contribution in [2.45, 2.75) is 0 Å². The average molecular weight is 372 g/mol. The number of hydrogen-bond acceptors (Lipinski definition) is 5. The Morgan fingerprint density at radius 2 is 2.18 bits per heavy atom. The summed E-state index contributed by atoms with van der Waals surface area (Å²) >= 11 is 0. The van der Waals surface area contributed by atoms with Crippen LogP contribution >= 0.6 is 0 Å². The smallest absolute Gasteiger partial charge is 0.377 e. The van der Waals surface area contributed by atoms with E-state index in [1.165, 1.54) is 6.40 Å². The molecule has 0 saturated heterocycles. The Balaban J connectivity index is 1.92. The number of aliphatic imine (C=N–C) groups is 1. The van der Waals surface area contributed by atoms with Gasteiger partial charge in [-0.25, -0.2) is 4.99 Å². The number of fused-ring (bicyclic) bond motifs is 1. The summed E-state index contributed by atoms with van der Waals surface area (Å²) in [6.45, 7) is 7.69. The number of anilines is 1. The monoisotopic (exact) mass is 372 g/mol. The summed E-state index contributed by atoms with van der Waals surface area (Å²) < 4.78 is 5.26. The minimum atomic E-state index is -0.607. The molecule has 140 valence electrons. The number of nitrogens with zero attached hydrogens (tertiary/aromatic N) is 2. The van der Waals surface area contributed by atoms with Crippen molar-refractivity contribution in [2.24, 2.45) is 16.6 Å². The van der Waals surface area contributed by atoms with E-state index < -0.39 is 5.92 Å². The summed E-state index contributed by atoms with van der Waals surface area (Å²) in [7, 11) is 0.347. The number of rotatable bonds is 6. The van der Waals surface area contributed by atoms with Crippen LogP contribution in [-0.4, -0.2) is 31.3 Å². The largest absolute Gasteiger partial charge is 0.551 e. The number of carbonyl (C=O) groups is 1. The molecule has 0 radical (unpaired) electrons. The second-order valence-corrected chi connectivity index (χ2v) is 6.20. The third-order valence-corrected chi connectivity index (χ3v) is 4.45. The lowest BCUT2D eigenvalue weighted by Gasteiger charge is -2.21. The molecule has 3 rings (SSSR count). The van der Waals surface area contributed by atoms with Gasteiger partial charge in [0.25, 0.3) is 0 Å². The first-order chi connectivity index (χ1) is 13.7. The van der Waals surface area contributed by atoms with Crippen LogP contribution in [0.1, 0.15) is 0 Å². The molecule has 1 unspecified atom stereocenters. The van der Waals surface area contributed by atoms with Crippen LogP contribution in [0.25, 0.3) is 10.8 Å². The molecule has 28 heavy (non-hydrogen) atoms. The predicted molar refractivity (Wildman–Crippen MR) is 115 cm³/mol. The molecule has 0 bridgehead atoms. The number of aromatic nitrogens is 1. The predicted octanol–water partition coefficient (Wildman–Crippen LogP) is 2.67. The second-order valence-electron chi connectivity index (χ2n) is 6.20. The SMILES string of the molecule is C=C/C=C1/BOC=N/C1=C(/C=C)C(CN)C(=O)Nc1ccc2cnccc2c1. The van der Waals surface area contributed by atoms with Crippen molar-refractivity contribution >= 4 is 36.3 Å². The second kappa shape index (κ2) is 8.97. The zero-order valence-electron chi connectivity index (χ0n) is 15.5. The number of carbonyl (C=O) groups excluding carboxylic acids is 1. The number of allylic oxidation sites excluding steroid dienone is 4. The van der Waals surface area contributed by atoms with Gasteiger partial charge in [0.1, 0.15) is 0 Å². The highest BCUT2D eigenvalue weighted by molar-refractivity contribution is 6.42. The summed E-state index contributed by atoms with van der Waals surface area (Å²) in [4.78, 5) is 21.4. The zero-order valence-corrected chi connectivity index (χ0v) is 15.5. The summed E-state index contributed by atoms with van der Waals surface area (Å²) in [5, 5.41) is 4.93. The summed E-state index contributed by atoms with van der Waals surface area (Å²) in [6, 6.07) is 7.55. The number of amides is 1. The van der Waals surface area contributed by atoms with Crippen molar-refractivity contribution < 1.29 is 9.45 Å². The lowest BCUT2D eigenvalue weighted by Crippen LogP contribution is -2.31. The fourth-order valence-electron chi connectivity index (χ4n) is 3.07. The van der Waals surface area contributed by atoms with E-state index in [1.54, 1.807) is 30.6 Å². The van der Waals surface area contributed by atoms with Gasteiger partial charge in [-0.2, -0.15) is 0 Å². The van der Waals surface area contributed by atoms with Crippen LogP contribution in [0.2, 0.25) is 0 Å². The van der Waals surface area contributed by atoms with E-state index in [0.717, 1.165) is 16.2 Å². The van der Waals surface area contributed by atoms with E-state index in [0.29, 0.717) is 24.4 Å². The fourth-order valence-corrected chi connectivity index (χ4v) is 3.07. The summed E-state index contributed by atoms with van der Waals surface area (Å²) in [5.74, 6) is -0.831. The molecule has 1 atom stereocenters. The molecular formula is C21H21BN4O2. The summed E-state index contributed by atoms with van der Waals surface area (Å²) in [6.07, 6.45) is 9.94. The maximum Gasteiger partial charge on any atom is 0.377 e. The van der Waals surface area contributed by atoms with Crippen molar-refractivity contribution in [3.8, 4) is 0 Å². The Hall–Kier alpha value is -3.45. The molecule has 1 aromatic heterocycles. The van der Waals surface area contributed by atoms with Gasteiger partial charge in [0.05, 0.1) is 11.6 Å². The normalized spacial score (nSPS) is 17.4. The van der Waals surface area contributed by atoms with Crippen molar-refractivity contribution in [3.63, 3.8) is 0 Å². The number of hydrogen-bond donors (Lipinski definition) is 2. The molecule has 7 heteroatoms. The maximum absolute atomic E-state index is 13.0. The van der Waals surface area contributed by atoms with Gasteiger partial charge < -0.3 is 15.7 Å². The molecule has 1 aromatic carbocycles. The van der Waals surface area contributed by atoms with E-state index in [4.69, 9.17) is 10.4 Å². The van der Waals surface area contributed by atoms with Crippen LogP contribution in [0.5, 0.6) is 0 Å². The molecule has 6 nitrogen and oxygen atoms in total. The van der Waals surface area contributed by atoms with Gasteiger partial charge in [-0.15, -0.1) is 0 Å². The van der Waals surface area contributed by atoms with Gasteiger partial charge in [0, 0.05) is 30.0 Å². The fraction of sp³-hybridized carbons (Fsp3) is 0.0952. The Morgan fingerprint density at radius 3 is 2.93 bits per heavy atom. The highest BCUT2D eigenvalue weighted by atomic mass is 16.4. The standard InChI is InChI=1S/C21H21BN4O2/c1-3-5-19-20(25-13-28-22-19)17(4-2)18(11-23)21(27)26-16-7-6-15-12-24-9-8-14(15)10-16/h3-10,12-13,18,22H,1-2,11,23H2,(H,26,27)/b19-5+,20-17-. The lowest BCUT2D eigenvalue weighted by atomic mass is 9.79. The van der Waals surface area contributed by atoms with Gasteiger partial charge in [-0.1, -0.05) is 37.5 Å². The van der Waals surface area contributed by atoms with Crippen LogP contribution in [0.3, 0.4) is 0 Å². The van der Waals surface area contributed by atoms with Crippen LogP contribution in [-0.2, 0) is 9.45 Å². The zero-order chi connectivity index (χ0) is 19.9. The molecule has 3 N–H and O–H groups in total. The van der Waals surface area contributed by atoms with E-state index in [9.17, 15) is 4.79 Å². The first-order valence-electron chi connectivity index (χ1n) is 8.85.